The van der Waals surface area contributed by atoms with Crippen LogP contribution in [-0.2, 0) is 14.4 Å². The van der Waals surface area contributed by atoms with E-state index in [2.05, 4.69) is 5.32 Å². The van der Waals surface area contributed by atoms with E-state index >= 15 is 0 Å². The van der Waals surface area contributed by atoms with Gasteiger partial charge in [0.05, 0.1) is 18.5 Å². The Kier molecular flexibility index (Phi) is 6.91. The van der Waals surface area contributed by atoms with E-state index in [0.717, 1.165) is 24.2 Å². The smallest absolute Gasteiger partial charge is 0.250 e. The minimum absolute atomic E-state index is 0.184. The number of amides is 3. The molecule has 32 heavy (non-hydrogen) atoms. The number of methoxy groups -OCH3 is 1. The van der Waals surface area contributed by atoms with Gasteiger partial charge in [-0.25, -0.2) is 0 Å². The zero-order valence-corrected chi connectivity index (χ0v) is 19.2. The van der Waals surface area contributed by atoms with E-state index in [4.69, 9.17) is 16.3 Å². The van der Waals surface area contributed by atoms with Crippen LogP contribution in [0.1, 0.15) is 19.3 Å². The molecule has 2 heterocycles. The quantitative estimate of drug-likeness (QED) is 0.668. The number of hydrogen-bond donors (Lipinski definition) is 1. The monoisotopic (exact) mass is 473 g/mol. The Morgan fingerprint density at radius 2 is 1.91 bits per heavy atom. The van der Waals surface area contributed by atoms with Crippen LogP contribution >= 0.6 is 23.4 Å². The molecule has 1 saturated heterocycles. The number of para-hydroxylation sites is 1. The summed E-state index contributed by atoms with van der Waals surface area (Å²) in [6, 6.07) is 12.2. The molecule has 0 spiro atoms. The van der Waals surface area contributed by atoms with Gasteiger partial charge >= 0.3 is 0 Å². The molecule has 3 amide bonds. The molecule has 7 nitrogen and oxygen atoms in total. The lowest BCUT2D eigenvalue weighted by molar-refractivity contribution is -0.135. The molecular formula is C23H24ClN3O4S. The first kappa shape index (κ1) is 22.5. The lowest BCUT2D eigenvalue weighted by atomic mass is 10.1. The summed E-state index contributed by atoms with van der Waals surface area (Å²) in [4.78, 5) is 43.4. The van der Waals surface area contributed by atoms with Crippen molar-refractivity contribution in [1.29, 1.82) is 0 Å². The van der Waals surface area contributed by atoms with Crippen molar-refractivity contribution >= 4 is 52.5 Å². The molecule has 9 heteroatoms. The zero-order valence-electron chi connectivity index (χ0n) is 17.7. The van der Waals surface area contributed by atoms with E-state index in [1.807, 2.05) is 18.2 Å². The van der Waals surface area contributed by atoms with Gasteiger partial charge in [0.2, 0.25) is 11.8 Å². The third-order valence-electron chi connectivity index (χ3n) is 5.52. The standard InChI is InChI=1S/C23H24ClN3O4S/c1-31-18-10-9-15(24)13-16(18)25-20(28)14-27-17-7-3-4-8-19(17)32-21(23(27)30)22(29)26-11-5-2-6-12-26/h3-4,7-10,13,21H,2,5-6,11-12,14H2,1H3,(H,25,28). The Bertz CT molecular complexity index is 1040. The summed E-state index contributed by atoms with van der Waals surface area (Å²) >= 11 is 7.31. The fourth-order valence-corrected chi connectivity index (χ4v) is 5.29. The summed E-state index contributed by atoms with van der Waals surface area (Å²) in [5.41, 5.74) is 1.04. The second-order valence-corrected chi connectivity index (χ2v) is 9.25. The Morgan fingerprint density at radius 1 is 1.16 bits per heavy atom. The molecule has 1 N–H and O–H groups in total. The number of carbonyl (C=O) groups is 3. The Morgan fingerprint density at radius 3 is 2.66 bits per heavy atom. The van der Waals surface area contributed by atoms with Crippen molar-refractivity contribution < 1.29 is 19.1 Å². The van der Waals surface area contributed by atoms with E-state index in [-0.39, 0.29) is 18.4 Å². The second-order valence-electron chi connectivity index (χ2n) is 7.67. The highest BCUT2D eigenvalue weighted by atomic mass is 35.5. The molecule has 0 bridgehead atoms. The summed E-state index contributed by atoms with van der Waals surface area (Å²) in [7, 11) is 1.50. The summed E-state index contributed by atoms with van der Waals surface area (Å²) in [6.07, 6.45) is 2.99. The Balaban J connectivity index is 1.56. The van der Waals surface area contributed by atoms with Gasteiger partial charge in [-0.3, -0.25) is 14.4 Å². The third kappa shape index (κ3) is 4.71. The van der Waals surface area contributed by atoms with E-state index < -0.39 is 11.2 Å². The van der Waals surface area contributed by atoms with E-state index in [9.17, 15) is 14.4 Å². The van der Waals surface area contributed by atoms with E-state index in [0.29, 0.717) is 35.2 Å². The van der Waals surface area contributed by atoms with Crippen molar-refractivity contribution in [3.8, 4) is 5.75 Å². The lowest BCUT2D eigenvalue weighted by Gasteiger charge is -2.36. The number of hydrogen-bond acceptors (Lipinski definition) is 5. The minimum Gasteiger partial charge on any atom is -0.495 e. The molecule has 0 saturated carbocycles. The Labute approximate surface area is 196 Å². The normalized spacial score (nSPS) is 18.2. The maximum Gasteiger partial charge on any atom is 0.250 e. The molecule has 168 valence electrons. The van der Waals surface area contributed by atoms with Gasteiger partial charge in [-0.1, -0.05) is 23.7 Å². The topological polar surface area (TPSA) is 79.0 Å². The molecule has 2 aromatic carbocycles. The molecule has 2 aliphatic heterocycles. The number of thioether (sulfide) groups is 1. The van der Waals surface area contributed by atoms with Gasteiger partial charge in [-0.05, 0) is 49.6 Å². The first-order valence-corrected chi connectivity index (χ1v) is 11.7. The summed E-state index contributed by atoms with van der Waals surface area (Å²) in [5.74, 6) is -0.514. The molecule has 1 unspecified atom stereocenters. The molecule has 2 aromatic rings. The van der Waals surface area contributed by atoms with Crippen LogP contribution in [0.5, 0.6) is 5.75 Å². The third-order valence-corrected chi connectivity index (χ3v) is 6.99. The average Bonchev–Trinajstić information content (AvgIpc) is 2.81. The van der Waals surface area contributed by atoms with Gasteiger partial charge in [0.1, 0.15) is 12.3 Å². The average molecular weight is 474 g/mol. The van der Waals surface area contributed by atoms with Crippen LogP contribution in [0.4, 0.5) is 11.4 Å². The summed E-state index contributed by atoms with van der Waals surface area (Å²) in [5, 5.41) is 2.32. The number of likely N-dealkylation sites (tertiary alicyclic amines) is 1. The minimum atomic E-state index is -0.892. The maximum absolute atomic E-state index is 13.4. The number of nitrogens with zero attached hydrogens (tertiary/aromatic N) is 2. The Hall–Kier alpha value is -2.71. The molecule has 0 aliphatic carbocycles. The van der Waals surface area contributed by atoms with Crippen molar-refractivity contribution in [2.24, 2.45) is 0 Å². The van der Waals surface area contributed by atoms with E-state index in [1.165, 1.54) is 23.8 Å². The lowest BCUT2D eigenvalue weighted by Crippen LogP contribution is -2.52. The van der Waals surface area contributed by atoms with E-state index in [1.54, 1.807) is 29.2 Å². The number of rotatable bonds is 5. The van der Waals surface area contributed by atoms with Crippen LogP contribution in [0, 0.1) is 0 Å². The number of fused-ring (bicyclic) bond motifs is 1. The maximum atomic E-state index is 13.4. The zero-order chi connectivity index (χ0) is 22.7. The number of ether oxygens (including phenoxy) is 1. The van der Waals surface area contributed by atoms with Gasteiger partial charge in [0.15, 0.2) is 5.25 Å². The predicted octanol–water partition coefficient (Wildman–Crippen LogP) is 3.81. The number of benzene rings is 2. The fraction of sp³-hybridized carbons (Fsp3) is 0.348. The molecular weight excluding hydrogens is 450 g/mol. The van der Waals surface area contributed by atoms with Crippen LogP contribution in [0.25, 0.3) is 0 Å². The first-order chi connectivity index (χ1) is 15.5. The number of carbonyl (C=O) groups excluding carboxylic acids is 3. The van der Waals surface area contributed by atoms with Crippen LogP contribution in [-0.4, -0.2) is 54.6 Å². The summed E-state index contributed by atoms with van der Waals surface area (Å²) in [6.45, 7) is 1.11. The second kappa shape index (κ2) is 9.83. The highest BCUT2D eigenvalue weighted by Crippen LogP contribution is 2.40. The largest absolute Gasteiger partial charge is 0.495 e. The van der Waals surface area contributed by atoms with Crippen molar-refractivity contribution in [2.45, 2.75) is 29.4 Å². The van der Waals surface area contributed by atoms with Crippen molar-refractivity contribution in [2.75, 3.05) is 37.0 Å². The molecule has 0 radical (unpaired) electrons. The van der Waals surface area contributed by atoms with Gasteiger partial charge < -0.3 is 19.9 Å². The van der Waals surface area contributed by atoms with Crippen LogP contribution in [0.3, 0.4) is 0 Å². The number of nitrogens with one attached hydrogen (secondary N) is 1. The molecule has 0 aromatic heterocycles. The first-order valence-electron chi connectivity index (χ1n) is 10.5. The van der Waals surface area contributed by atoms with Crippen molar-refractivity contribution in [3.05, 3.63) is 47.5 Å². The molecule has 1 atom stereocenters. The van der Waals surface area contributed by atoms with Crippen LogP contribution in [0.15, 0.2) is 47.4 Å². The highest BCUT2D eigenvalue weighted by molar-refractivity contribution is 8.01. The SMILES string of the molecule is COc1ccc(Cl)cc1NC(=O)CN1C(=O)C(C(=O)N2CCCCC2)Sc2ccccc21. The van der Waals surface area contributed by atoms with Gasteiger partial charge in [-0.15, -0.1) is 11.8 Å². The summed E-state index contributed by atoms with van der Waals surface area (Å²) < 4.78 is 5.28. The van der Waals surface area contributed by atoms with Crippen molar-refractivity contribution in [1.82, 2.24) is 4.90 Å². The van der Waals surface area contributed by atoms with Gasteiger partial charge in [0.25, 0.3) is 5.91 Å². The number of piperidine rings is 1. The molecule has 1 fully saturated rings. The van der Waals surface area contributed by atoms with Gasteiger partial charge in [0, 0.05) is 23.0 Å². The molecule has 4 rings (SSSR count). The molecule has 2 aliphatic rings. The van der Waals surface area contributed by atoms with Crippen LogP contribution < -0.4 is 15.0 Å². The van der Waals surface area contributed by atoms with Crippen molar-refractivity contribution in [3.63, 3.8) is 0 Å². The number of halogens is 1. The predicted molar refractivity (Wildman–Crippen MR) is 126 cm³/mol. The number of anilines is 2. The highest BCUT2D eigenvalue weighted by Gasteiger charge is 2.41. The van der Waals surface area contributed by atoms with Gasteiger partial charge in [-0.2, -0.15) is 0 Å². The fourth-order valence-electron chi connectivity index (χ4n) is 3.93. The van der Waals surface area contributed by atoms with Crippen LogP contribution in [0.2, 0.25) is 5.02 Å².